The maximum atomic E-state index is 13.3. The van der Waals surface area contributed by atoms with Crippen molar-refractivity contribution in [3.8, 4) is 11.5 Å². The molecule has 1 amide bonds. The molecule has 0 radical (unpaired) electrons. The van der Waals surface area contributed by atoms with Gasteiger partial charge in [0.25, 0.3) is 0 Å². The van der Waals surface area contributed by atoms with Gasteiger partial charge in [-0.05, 0) is 55.5 Å². The average Bonchev–Trinajstić information content (AvgIpc) is 3.70. The Hall–Kier alpha value is -2.65. The Morgan fingerprint density at radius 2 is 1.65 bits per heavy atom. The van der Waals surface area contributed by atoms with E-state index in [-0.39, 0.29) is 28.6 Å². The van der Waals surface area contributed by atoms with Gasteiger partial charge in [-0.2, -0.15) is 4.31 Å². The summed E-state index contributed by atoms with van der Waals surface area (Å²) in [6.07, 6.45) is 3.66. The van der Waals surface area contributed by atoms with E-state index in [1.165, 1.54) is 22.5 Å². The van der Waals surface area contributed by atoms with E-state index in [1.54, 1.807) is 24.3 Å². The first-order valence-electron chi connectivity index (χ1n) is 11.9. The summed E-state index contributed by atoms with van der Waals surface area (Å²) >= 11 is 0. The van der Waals surface area contributed by atoms with E-state index in [0.717, 1.165) is 24.8 Å². The molecule has 34 heavy (non-hydrogen) atoms. The van der Waals surface area contributed by atoms with Gasteiger partial charge >= 0.3 is 0 Å². The van der Waals surface area contributed by atoms with Crippen molar-refractivity contribution in [1.29, 1.82) is 0 Å². The molecule has 0 aromatic heterocycles. The number of ether oxygens (including phenoxy) is 2. The van der Waals surface area contributed by atoms with Gasteiger partial charge in [0.15, 0.2) is 11.5 Å². The van der Waals surface area contributed by atoms with Crippen LogP contribution in [0.15, 0.2) is 47.4 Å². The number of fused-ring (bicyclic) bond motifs is 1. The molecular weight excluding hydrogens is 459 g/mol. The van der Waals surface area contributed by atoms with Crippen LogP contribution in [0.4, 0.5) is 4.39 Å². The molecule has 1 aliphatic carbocycles. The number of nitrogens with zero attached hydrogens (tertiary/aromatic N) is 2. The van der Waals surface area contributed by atoms with Crippen LogP contribution in [0, 0.1) is 11.7 Å². The normalized spacial score (nSPS) is 19.4. The molecule has 2 heterocycles. The van der Waals surface area contributed by atoms with Gasteiger partial charge in [0.1, 0.15) is 5.82 Å². The quantitative estimate of drug-likeness (QED) is 0.621. The number of benzene rings is 2. The highest BCUT2D eigenvalue weighted by Gasteiger charge is 2.39. The molecule has 0 unspecified atom stereocenters. The van der Waals surface area contributed by atoms with E-state index in [0.29, 0.717) is 57.2 Å². The van der Waals surface area contributed by atoms with Crippen molar-refractivity contribution in [2.45, 2.75) is 49.6 Å². The Kier molecular flexibility index (Phi) is 6.48. The lowest BCUT2D eigenvalue weighted by molar-refractivity contribution is -0.138. The maximum absolute atomic E-state index is 13.3. The zero-order chi connectivity index (χ0) is 23.7. The van der Waals surface area contributed by atoms with Crippen molar-refractivity contribution in [1.82, 2.24) is 9.21 Å². The summed E-state index contributed by atoms with van der Waals surface area (Å²) in [6, 6.07) is 11.2. The summed E-state index contributed by atoms with van der Waals surface area (Å²) in [5, 5.41) is 0. The maximum Gasteiger partial charge on any atom is 0.243 e. The van der Waals surface area contributed by atoms with Gasteiger partial charge in [-0.3, -0.25) is 4.79 Å². The summed E-state index contributed by atoms with van der Waals surface area (Å²) in [5.41, 5.74) is 0.899. The fraction of sp³-hybridized carbons (Fsp3) is 0.480. The van der Waals surface area contributed by atoms with Crippen molar-refractivity contribution >= 4 is 15.9 Å². The second-order valence-corrected chi connectivity index (χ2v) is 11.1. The molecule has 182 valence electrons. The molecule has 0 bridgehead atoms. The predicted octanol–water partition coefficient (Wildman–Crippen LogP) is 3.58. The van der Waals surface area contributed by atoms with Gasteiger partial charge < -0.3 is 14.4 Å². The molecule has 1 saturated carbocycles. The van der Waals surface area contributed by atoms with E-state index < -0.39 is 10.0 Å². The minimum Gasteiger partial charge on any atom is -0.490 e. The average molecular weight is 489 g/mol. The highest BCUT2D eigenvalue weighted by Crippen LogP contribution is 2.35. The highest BCUT2D eigenvalue weighted by molar-refractivity contribution is 7.89. The number of amides is 1. The van der Waals surface area contributed by atoms with Gasteiger partial charge in [-0.1, -0.05) is 12.1 Å². The Morgan fingerprint density at radius 3 is 2.32 bits per heavy atom. The van der Waals surface area contributed by atoms with E-state index >= 15 is 0 Å². The fourth-order valence-corrected chi connectivity index (χ4v) is 6.08. The molecule has 7 nitrogen and oxygen atoms in total. The first kappa shape index (κ1) is 23.1. The number of piperidine rings is 1. The Labute approximate surface area is 199 Å². The molecule has 9 heteroatoms. The topological polar surface area (TPSA) is 76.2 Å². The molecule has 0 atom stereocenters. The Bertz CT molecular complexity index is 1140. The van der Waals surface area contributed by atoms with Crippen LogP contribution in [0.5, 0.6) is 11.5 Å². The lowest BCUT2D eigenvalue weighted by Gasteiger charge is -2.34. The standard InChI is InChI=1S/C25H29FN2O5S/c26-20-4-2-18(3-5-20)17-28(21-6-7-21)25(29)19-10-12-27(13-11-19)34(30,31)22-8-9-23-24(16-22)33-15-1-14-32-23/h2-5,8-9,16,19,21H,1,6-7,10-15,17H2. The zero-order valence-corrected chi connectivity index (χ0v) is 19.8. The van der Waals surface area contributed by atoms with Crippen LogP contribution in [-0.2, 0) is 21.4 Å². The van der Waals surface area contributed by atoms with Crippen LogP contribution >= 0.6 is 0 Å². The third kappa shape index (κ3) is 4.90. The largest absolute Gasteiger partial charge is 0.490 e. The third-order valence-electron chi connectivity index (χ3n) is 6.70. The molecule has 2 aliphatic heterocycles. The minimum atomic E-state index is -3.70. The first-order chi connectivity index (χ1) is 16.4. The second kappa shape index (κ2) is 9.54. The Morgan fingerprint density at radius 1 is 0.971 bits per heavy atom. The van der Waals surface area contributed by atoms with Gasteiger partial charge in [-0.15, -0.1) is 0 Å². The van der Waals surface area contributed by atoms with E-state index in [2.05, 4.69) is 0 Å². The fourth-order valence-electron chi connectivity index (χ4n) is 4.59. The van der Waals surface area contributed by atoms with Crippen LogP contribution in [0.2, 0.25) is 0 Å². The van der Waals surface area contributed by atoms with E-state index in [9.17, 15) is 17.6 Å². The van der Waals surface area contributed by atoms with Crippen LogP contribution in [0.1, 0.15) is 37.7 Å². The zero-order valence-electron chi connectivity index (χ0n) is 19.0. The van der Waals surface area contributed by atoms with Gasteiger partial charge in [0.2, 0.25) is 15.9 Å². The van der Waals surface area contributed by atoms with Crippen LogP contribution in [0.25, 0.3) is 0 Å². The molecule has 0 N–H and O–H groups in total. The Balaban J connectivity index is 1.24. The molecule has 1 saturated heterocycles. The van der Waals surface area contributed by atoms with Crippen LogP contribution in [0.3, 0.4) is 0 Å². The van der Waals surface area contributed by atoms with Crippen LogP contribution in [-0.4, -0.2) is 55.9 Å². The number of carbonyl (C=O) groups is 1. The summed E-state index contributed by atoms with van der Waals surface area (Å²) in [5.74, 6) is 0.567. The van der Waals surface area contributed by atoms with Gasteiger partial charge in [-0.25, -0.2) is 12.8 Å². The number of sulfonamides is 1. The summed E-state index contributed by atoms with van der Waals surface area (Å²) in [7, 11) is -3.70. The van der Waals surface area contributed by atoms with Gasteiger partial charge in [0, 0.05) is 44.1 Å². The van der Waals surface area contributed by atoms with Crippen LogP contribution < -0.4 is 9.47 Å². The molecule has 0 spiro atoms. The molecular formula is C25H29FN2O5S. The molecule has 5 rings (SSSR count). The summed E-state index contributed by atoms with van der Waals surface area (Å²) in [4.78, 5) is 15.4. The number of hydrogen-bond acceptors (Lipinski definition) is 5. The third-order valence-corrected chi connectivity index (χ3v) is 8.59. The smallest absolute Gasteiger partial charge is 0.243 e. The lowest BCUT2D eigenvalue weighted by atomic mass is 9.96. The second-order valence-electron chi connectivity index (χ2n) is 9.16. The summed E-state index contributed by atoms with van der Waals surface area (Å²) < 4.78 is 52.5. The molecule has 3 aliphatic rings. The molecule has 2 aromatic rings. The van der Waals surface area contributed by atoms with Gasteiger partial charge in [0.05, 0.1) is 18.1 Å². The lowest BCUT2D eigenvalue weighted by Crippen LogP contribution is -2.44. The van der Waals surface area contributed by atoms with Crippen molar-refractivity contribution in [2.75, 3.05) is 26.3 Å². The summed E-state index contributed by atoms with van der Waals surface area (Å²) in [6.45, 7) is 2.07. The predicted molar refractivity (Wildman–Crippen MR) is 124 cm³/mol. The van der Waals surface area contributed by atoms with E-state index in [1.807, 2.05) is 4.90 Å². The first-order valence-corrected chi connectivity index (χ1v) is 13.3. The molecule has 2 aromatic carbocycles. The van der Waals surface area contributed by atoms with Crippen molar-refractivity contribution in [3.63, 3.8) is 0 Å². The molecule has 2 fully saturated rings. The SMILES string of the molecule is O=C(C1CCN(S(=O)(=O)c2ccc3c(c2)OCCCO3)CC1)N(Cc1ccc(F)cc1)C1CC1. The highest BCUT2D eigenvalue weighted by atomic mass is 32.2. The van der Waals surface area contributed by atoms with Crippen molar-refractivity contribution < 1.29 is 27.1 Å². The number of carbonyl (C=O) groups excluding carboxylic acids is 1. The minimum absolute atomic E-state index is 0.0689. The monoisotopic (exact) mass is 488 g/mol. The number of hydrogen-bond donors (Lipinski definition) is 0. The number of rotatable bonds is 6. The van der Waals surface area contributed by atoms with Crippen molar-refractivity contribution in [3.05, 3.63) is 53.8 Å². The van der Waals surface area contributed by atoms with Crippen molar-refractivity contribution in [2.24, 2.45) is 5.92 Å². The van der Waals surface area contributed by atoms with E-state index in [4.69, 9.17) is 9.47 Å². The number of halogens is 1.